The van der Waals surface area contributed by atoms with E-state index in [1.165, 1.54) is 22.0 Å². The minimum atomic E-state index is -0.274. The van der Waals surface area contributed by atoms with Gasteiger partial charge in [0, 0.05) is 49.8 Å². The van der Waals surface area contributed by atoms with Crippen LogP contribution < -0.4 is 5.32 Å². The highest BCUT2D eigenvalue weighted by atomic mass is 32.2. The summed E-state index contributed by atoms with van der Waals surface area (Å²) in [6.45, 7) is 5.22. The van der Waals surface area contributed by atoms with Gasteiger partial charge in [0.25, 0.3) is 11.8 Å². The summed E-state index contributed by atoms with van der Waals surface area (Å²) in [6.07, 6.45) is 0.682. The van der Waals surface area contributed by atoms with Gasteiger partial charge in [-0.15, -0.1) is 0 Å². The zero-order chi connectivity index (χ0) is 21.8. The second kappa shape index (κ2) is 9.66. The number of amides is 3. The van der Waals surface area contributed by atoms with Gasteiger partial charge in [0.05, 0.1) is 11.1 Å². The lowest BCUT2D eigenvalue weighted by Crippen LogP contribution is -2.32. The van der Waals surface area contributed by atoms with E-state index in [2.05, 4.69) is 16.3 Å². The van der Waals surface area contributed by atoms with Crippen molar-refractivity contribution in [2.24, 2.45) is 0 Å². The summed E-state index contributed by atoms with van der Waals surface area (Å²) >= 11 is 1.99. The van der Waals surface area contributed by atoms with Crippen molar-refractivity contribution in [2.75, 3.05) is 36.5 Å². The molecule has 1 saturated heterocycles. The average molecular weight is 438 g/mol. The van der Waals surface area contributed by atoms with Gasteiger partial charge in [0.2, 0.25) is 5.91 Å². The molecule has 2 aromatic carbocycles. The van der Waals surface area contributed by atoms with Gasteiger partial charge in [0.1, 0.15) is 0 Å². The van der Waals surface area contributed by atoms with E-state index in [9.17, 15) is 14.4 Å². The molecule has 0 bridgehead atoms. The van der Waals surface area contributed by atoms with Crippen molar-refractivity contribution < 1.29 is 14.4 Å². The number of aryl methyl sites for hydroxylation is 1. The predicted molar refractivity (Wildman–Crippen MR) is 123 cm³/mol. The molecule has 2 aliphatic rings. The van der Waals surface area contributed by atoms with E-state index in [4.69, 9.17) is 0 Å². The van der Waals surface area contributed by atoms with Crippen LogP contribution in [0.4, 0.5) is 5.69 Å². The Morgan fingerprint density at radius 3 is 2.61 bits per heavy atom. The first-order chi connectivity index (χ1) is 15.0. The molecule has 162 valence electrons. The number of rotatable bonds is 7. The number of nitrogens with zero attached hydrogens (tertiary/aromatic N) is 2. The highest BCUT2D eigenvalue weighted by Crippen LogP contribution is 2.24. The van der Waals surface area contributed by atoms with E-state index in [0.29, 0.717) is 17.5 Å². The smallest absolute Gasteiger partial charge is 0.261 e. The van der Waals surface area contributed by atoms with Crippen molar-refractivity contribution in [1.82, 2.24) is 9.80 Å². The molecule has 1 fully saturated rings. The number of hydrogen-bond donors (Lipinski definition) is 1. The van der Waals surface area contributed by atoms with Crippen molar-refractivity contribution in [3.8, 4) is 0 Å². The third kappa shape index (κ3) is 5.17. The van der Waals surface area contributed by atoms with Crippen LogP contribution in [0.1, 0.15) is 44.7 Å². The number of fused-ring (bicyclic) bond motifs is 1. The molecule has 3 amide bonds. The molecule has 0 atom stereocenters. The Hall–Kier alpha value is -2.64. The lowest BCUT2D eigenvalue weighted by atomic mass is 10.1. The number of nitrogens with one attached hydrogen (secondary N) is 1. The van der Waals surface area contributed by atoms with Gasteiger partial charge in [-0.1, -0.05) is 23.8 Å². The molecule has 0 radical (unpaired) electrons. The van der Waals surface area contributed by atoms with Crippen molar-refractivity contribution >= 4 is 35.2 Å². The van der Waals surface area contributed by atoms with Crippen LogP contribution in [0.5, 0.6) is 0 Å². The van der Waals surface area contributed by atoms with Gasteiger partial charge in [-0.25, -0.2) is 0 Å². The van der Waals surface area contributed by atoms with E-state index in [1.54, 1.807) is 12.1 Å². The lowest BCUT2D eigenvalue weighted by Gasteiger charge is -2.26. The fourth-order valence-corrected chi connectivity index (χ4v) is 4.97. The zero-order valence-electron chi connectivity index (χ0n) is 17.7. The van der Waals surface area contributed by atoms with E-state index < -0.39 is 0 Å². The van der Waals surface area contributed by atoms with Crippen LogP contribution in [0.3, 0.4) is 0 Å². The van der Waals surface area contributed by atoms with Crippen LogP contribution in [-0.4, -0.2) is 58.7 Å². The molecule has 1 N–H and O–H groups in total. The highest BCUT2D eigenvalue weighted by molar-refractivity contribution is 7.99. The molecule has 2 heterocycles. The van der Waals surface area contributed by atoms with E-state index >= 15 is 0 Å². The zero-order valence-corrected chi connectivity index (χ0v) is 18.5. The van der Waals surface area contributed by atoms with Crippen LogP contribution in [0.25, 0.3) is 0 Å². The van der Waals surface area contributed by atoms with Gasteiger partial charge in [-0.05, 0) is 43.2 Å². The summed E-state index contributed by atoms with van der Waals surface area (Å²) in [5, 5.41) is 2.94. The SMILES string of the molecule is Cc1ccc2c(c1)C(=O)N(CCCC(=O)Nc1cccc(CN3CCSCC3)c1)C2=O. The second-order valence-electron chi connectivity index (χ2n) is 8.05. The van der Waals surface area contributed by atoms with Crippen LogP contribution >= 0.6 is 11.8 Å². The number of carbonyl (C=O) groups is 3. The largest absolute Gasteiger partial charge is 0.326 e. The maximum atomic E-state index is 12.5. The normalized spacial score (nSPS) is 16.5. The molecule has 0 spiro atoms. The summed E-state index contributed by atoms with van der Waals surface area (Å²) in [5.74, 6) is 1.68. The van der Waals surface area contributed by atoms with E-state index in [1.807, 2.05) is 43.0 Å². The van der Waals surface area contributed by atoms with Gasteiger partial charge in [-0.3, -0.25) is 24.2 Å². The Morgan fingerprint density at radius 2 is 1.81 bits per heavy atom. The van der Waals surface area contributed by atoms with Crippen molar-refractivity contribution in [3.05, 3.63) is 64.7 Å². The topological polar surface area (TPSA) is 69.7 Å². The standard InChI is InChI=1S/C24H27N3O3S/c1-17-7-8-20-21(14-17)24(30)27(23(20)29)9-3-6-22(28)25-19-5-2-4-18(15-19)16-26-10-12-31-13-11-26/h2,4-5,7-8,14-15H,3,6,9-13,16H2,1H3,(H,25,28). The average Bonchev–Trinajstić information content (AvgIpc) is 2.99. The number of imide groups is 1. The molecule has 0 saturated carbocycles. The summed E-state index contributed by atoms with van der Waals surface area (Å²) < 4.78 is 0. The first kappa shape index (κ1) is 21.6. The van der Waals surface area contributed by atoms with Crippen LogP contribution in [0.2, 0.25) is 0 Å². The van der Waals surface area contributed by atoms with Crippen LogP contribution in [-0.2, 0) is 11.3 Å². The Kier molecular flexibility index (Phi) is 6.73. The number of carbonyl (C=O) groups excluding carboxylic acids is 3. The Morgan fingerprint density at radius 1 is 1.03 bits per heavy atom. The molecule has 2 aromatic rings. The molecule has 0 aliphatic carbocycles. The molecule has 0 aromatic heterocycles. The molecular weight excluding hydrogens is 410 g/mol. The lowest BCUT2D eigenvalue weighted by molar-refractivity contribution is -0.116. The molecular formula is C24H27N3O3S. The third-order valence-corrected chi connectivity index (χ3v) is 6.57. The quantitative estimate of drug-likeness (QED) is 0.671. The van der Waals surface area contributed by atoms with Crippen LogP contribution in [0.15, 0.2) is 42.5 Å². The summed E-state index contributed by atoms with van der Waals surface area (Å²) in [4.78, 5) is 41.1. The number of benzene rings is 2. The maximum Gasteiger partial charge on any atom is 0.261 e. The molecule has 2 aliphatic heterocycles. The second-order valence-corrected chi connectivity index (χ2v) is 9.28. The summed E-state index contributed by atoms with van der Waals surface area (Å²) in [7, 11) is 0. The number of hydrogen-bond acceptors (Lipinski definition) is 5. The fourth-order valence-electron chi connectivity index (χ4n) is 3.99. The molecule has 4 rings (SSSR count). The predicted octanol–water partition coefficient (Wildman–Crippen LogP) is 3.56. The first-order valence-corrected chi connectivity index (χ1v) is 11.8. The van der Waals surface area contributed by atoms with E-state index in [-0.39, 0.29) is 30.7 Å². The molecule has 7 heteroatoms. The fraction of sp³-hybridized carbons (Fsp3) is 0.375. The first-order valence-electron chi connectivity index (χ1n) is 10.7. The van der Waals surface area contributed by atoms with Crippen molar-refractivity contribution in [1.29, 1.82) is 0 Å². The number of anilines is 1. The Bertz CT molecular complexity index is 1000. The van der Waals surface area contributed by atoms with Crippen molar-refractivity contribution in [3.63, 3.8) is 0 Å². The van der Waals surface area contributed by atoms with E-state index in [0.717, 1.165) is 30.9 Å². The van der Waals surface area contributed by atoms with Gasteiger partial charge in [-0.2, -0.15) is 11.8 Å². The van der Waals surface area contributed by atoms with Crippen molar-refractivity contribution in [2.45, 2.75) is 26.3 Å². The maximum absolute atomic E-state index is 12.5. The monoisotopic (exact) mass is 437 g/mol. The molecule has 6 nitrogen and oxygen atoms in total. The van der Waals surface area contributed by atoms with Crippen LogP contribution in [0, 0.1) is 6.92 Å². The minimum absolute atomic E-state index is 0.112. The van der Waals surface area contributed by atoms with Gasteiger partial charge >= 0.3 is 0 Å². The summed E-state index contributed by atoms with van der Waals surface area (Å²) in [5.41, 5.74) is 3.82. The van der Waals surface area contributed by atoms with Gasteiger partial charge < -0.3 is 5.32 Å². The third-order valence-electron chi connectivity index (χ3n) is 5.63. The molecule has 31 heavy (non-hydrogen) atoms. The highest BCUT2D eigenvalue weighted by Gasteiger charge is 2.34. The summed E-state index contributed by atoms with van der Waals surface area (Å²) in [6, 6.07) is 13.2. The molecule has 0 unspecified atom stereocenters. The number of thioether (sulfide) groups is 1. The Balaban J connectivity index is 1.27. The van der Waals surface area contributed by atoms with Gasteiger partial charge in [0.15, 0.2) is 0 Å². The Labute approximate surface area is 187 Å². The minimum Gasteiger partial charge on any atom is -0.326 e.